The normalized spacial score (nSPS) is 9.21. The quantitative estimate of drug-likeness (QED) is 0.419. The van der Waals surface area contributed by atoms with E-state index < -0.39 is 6.16 Å². The van der Waals surface area contributed by atoms with Crippen LogP contribution in [0.2, 0.25) is 0 Å². The number of rotatable bonds is 3. The van der Waals surface area contributed by atoms with E-state index in [0.717, 1.165) is 0 Å². The number of para-hydroxylation sites is 1. The predicted octanol–water partition coefficient (Wildman–Crippen LogP) is 2.03. The first-order valence-electron chi connectivity index (χ1n) is 4.16. The van der Waals surface area contributed by atoms with Crippen molar-refractivity contribution in [1.82, 2.24) is 0 Å². The Labute approximate surface area is 81.4 Å². The highest BCUT2D eigenvalue weighted by molar-refractivity contribution is 5.80. The van der Waals surface area contributed by atoms with E-state index in [2.05, 4.69) is 4.74 Å². The Kier molecular flexibility index (Phi) is 3.67. The van der Waals surface area contributed by atoms with Gasteiger partial charge in [-0.15, -0.1) is 0 Å². The lowest BCUT2D eigenvalue weighted by atomic mass is 10.2. The molecule has 0 aromatic heterocycles. The molecule has 0 aliphatic carbocycles. The van der Waals surface area contributed by atoms with Crippen LogP contribution in [-0.2, 0) is 4.74 Å². The summed E-state index contributed by atoms with van der Waals surface area (Å²) in [6, 6.07) is 6.44. The lowest BCUT2D eigenvalue weighted by Crippen LogP contribution is -2.11. The molecule has 1 aromatic carbocycles. The van der Waals surface area contributed by atoms with Crippen LogP contribution < -0.4 is 4.74 Å². The zero-order valence-electron chi connectivity index (χ0n) is 7.73. The van der Waals surface area contributed by atoms with Gasteiger partial charge in [-0.05, 0) is 19.1 Å². The molecule has 1 rings (SSSR count). The second kappa shape index (κ2) is 5.01. The third-order valence-electron chi connectivity index (χ3n) is 1.50. The van der Waals surface area contributed by atoms with Crippen molar-refractivity contribution in [1.29, 1.82) is 0 Å². The molecule has 0 bridgehead atoms. The molecule has 0 fully saturated rings. The molecule has 14 heavy (non-hydrogen) atoms. The Hall–Kier alpha value is -1.84. The molecule has 1 aromatic rings. The molecule has 0 heterocycles. The molecule has 4 heteroatoms. The van der Waals surface area contributed by atoms with Crippen LogP contribution in [0, 0.1) is 0 Å². The highest BCUT2D eigenvalue weighted by atomic mass is 16.7. The zero-order chi connectivity index (χ0) is 10.4. The maximum Gasteiger partial charge on any atom is 0.513 e. The van der Waals surface area contributed by atoms with Crippen LogP contribution >= 0.6 is 0 Å². The fourth-order valence-corrected chi connectivity index (χ4v) is 0.908. The second-order valence-corrected chi connectivity index (χ2v) is 2.44. The minimum Gasteiger partial charge on any atom is -0.434 e. The van der Waals surface area contributed by atoms with Crippen molar-refractivity contribution < 1.29 is 19.1 Å². The summed E-state index contributed by atoms with van der Waals surface area (Å²) in [5.74, 6) is 0.209. The first-order valence-corrected chi connectivity index (χ1v) is 4.16. The number of carbonyl (C=O) groups is 2. The van der Waals surface area contributed by atoms with E-state index in [1.165, 1.54) is 6.07 Å². The summed E-state index contributed by atoms with van der Waals surface area (Å²) >= 11 is 0. The predicted molar refractivity (Wildman–Crippen MR) is 49.5 cm³/mol. The smallest absolute Gasteiger partial charge is 0.434 e. The molecule has 0 saturated carbocycles. The van der Waals surface area contributed by atoms with Crippen LogP contribution in [0.3, 0.4) is 0 Å². The fraction of sp³-hybridized carbons (Fsp3) is 0.200. The number of aldehydes is 1. The van der Waals surface area contributed by atoms with Gasteiger partial charge in [0.05, 0.1) is 12.2 Å². The van der Waals surface area contributed by atoms with Crippen LogP contribution in [0.25, 0.3) is 0 Å². The van der Waals surface area contributed by atoms with E-state index in [1.54, 1.807) is 25.1 Å². The van der Waals surface area contributed by atoms with E-state index >= 15 is 0 Å². The van der Waals surface area contributed by atoms with E-state index in [-0.39, 0.29) is 12.4 Å². The average molecular weight is 194 g/mol. The number of hydrogen-bond donors (Lipinski definition) is 0. The van der Waals surface area contributed by atoms with Gasteiger partial charge in [-0.2, -0.15) is 0 Å². The van der Waals surface area contributed by atoms with Crippen molar-refractivity contribution in [3.05, 3.63) is 29.8 Å². The largest absolute Gasteiger partial charge is 0.513 e. The van der Waals surface area contributed by atoms with Crippen LogP contribution in [0.4, 0.5) is 4.79 Å². The van der Waals surface area contributed by atoms with Gasteiger partial charge in [0.1, 0.15) is 5.75 Å². The standard InChI is InChI=1S/C10H10O4/c1-2-13-10(12)14-9-6-4-3-5-8(9)7-11/h3-7H,2H2,1H3. The van der Waals surface area contributed by atoms with Crippen molar-refractivity contribution in [2.75, 3.05) is 6.61 Å². The molecule has 0 unspecified atom stereocenters. The molecule has 0 N–H and O–H groups in total. The third kappa shape index (κ3) is 2.58. The molecule has 0 atom stereocenters. The fourth-order valence-electron chi connectivity index (χ4n) is 0.908. The highest BCUT2D eigenvalue weighted by Crippen LogP contribution is 2.15. The van der Waals surface area contributed by atoms with Gasteiger partial charge < -0.3 is 9.47 Å². The third-order valence-corrected chi connectivity index (χ3v) is 1.50. The van der Waals surface area contributed by atoms with Gasteiger partial charge in [0.15, 0.2) is 6.29 Å². The molecular weight excluding hydrogens is 184 g/mol. The molecule has 0 aliphatic heterocycles. The topological polar surface area (TPSA) is 52.6 Å². The molecule has 4 nitrogen and oxygen atoms in total. The van der Waals surface area contributed by atoms with E-state index in [1.807, 2.05) is 0 Å². The van der Waals surface area contributed by atoms with Gasteiger partial charge in [0, 0.05) is 0 Å². The molecule has 74 valence electrons. The number of benzene rings is 1. The monoisotopic (exact) mass is 194 g/mol. The minimum atomic E-state index is -0.804. The van der Waals surface area contributed by atoms with Crippen LogP contribution in [0.15, 0.2) is 24.3 Å². The summed E-state index contributed by atoms with van der Waals surface area (Å²) in [5.41, 5.74) is 0.320. The Morgan fingerprint density at radius 1 is 1.43 bits per heavy atom. The Morgan fingerprint density at radius 2 is 2.14 bits per heavy atom. The van der Waals surface area contributed by atoms with Gasteiger partial charge in [0.2, 0.25) is 0 Å². The number of hydrogen-bond acceptors (Lipinski definition) is 4. The Bertz CT molecular complexity index is 333. The zero-order valence-corrected chi connectivity index (χ0v) is 7.73. The van der Waals surface area contributed by atoms with E-state index in [4.69, 9.17) is 4.74 Å². The van der Waals surface area contributed by atoms with Crippen LogP contribution in [0.1, 0.15) is 17.3 Å². The summed E-state index contributed by atoms with van der Waals surface area (Å²) in [6.45, 7) is 1.91. The summed E-state index contributed by atoms with van der Waals surface area (Å²) < 4.78 is 9.35. The lowest BCUT2D eigenvalue weighted by molar-refractivity contribution is 0.103. The maximum absolute atomic E-state index is 10.9. The summed E-state index contributed by atoms with van der Waals surface area (Å²) in [6.07, 6.45) is -0.184. The molecular formula is C10H10O4. The van der Waals surface area contributed by atoms with Crippen molar-refractivity contribution >= 4 is 12.4 Å². The first-order chi connectivity index (χ1) is 6.77. The number of ether oxygens (including phenoxy) is 2. The van der Waals surface area contributed by atoms with Crippen molar-refractivity contribution in [3.63, 3.8) is 0 Å². The van der Waals surface area contributed by atoms with Gasteiger partial charge in [-0.25, -0.2) is 4.79 Å². The SMILES string of the molecule is CCOC(=O)Oc1ccccc1C=O. The minimum absolute atomic E-state index is 0.209. The van der Waals surface area contributed by atoms with Gasteiger partial charge in [-0.1, -0.05) is 12.1 Å². The van der Waals surface area contributed by atoms with E-state index in [0.29, 0.717) is 11.8 Å². The van der Waals surface area contributed by atoms with Crippen LogP contribution in [-0.4, -0.2) is 19.0 Å². The average Bonchev–Trinajstić information content (AvgIpc) is 2.19. The second-order valence-electron chi connectivity index (χ2n) is 2.44. The first kappa shape index (κ1) is 10.2. The Balaban J connectivity index is 2.75. The summed E-state index contributed by atoms with van der Waals surface area (Å²) in [7, 11) is 0. The van der Waals surface area contributed by atoms with Crippen LogP contribution in [0.5, 0.6) is 5.75 Å². The lowest BCUT2D eigenvalue weighted by Gasteiger charge is -2.05. The van der Waals surface area contributed by atoms with Crippen molar-refractivity contribution in [3.8, 4) is 5.75 Å². The summed E-state index contributed by atoms with van der Waals surface area (Å²) in [4.78, 5) is 21.5. The highest BCUT2D eigenvalue weighted by Gasteiger charge is 2.07. The molecule has 0 saturated heterocycles. The van der Waals surface area contributed by atoms with Gasteiger partial charge in [0.25, 0.3) is 0 Å². The van der Waals surface area contributed by atoms with Gasteiger partial charge in [-0.3, -0.25) is 4.79 Å². The Morgan fingerprint density at radius 3 is 2.79 bits per heavy atom. The molecule has 0 radical (unpaired) electrons. The number of carbonyl (C=O) groups excluding carboxylic acids is 2. The maximum atomic E-state index is 10.9. The molecule has 0 aliphatic rings. The van der Waals surface area contributed by atoms with Crippen molar-refractivity contribution in [2.24, 2.45) is 0 Å². The van der Waals surface area contributed by atoms with Gasteiger partial charge >= 0.3 is 6.16 Å². The van der Waals surface area contributed by atoms with E-state index in [9.17, 15) is 9.59 Å². The molecule has 0 amide bonds. The molecule has 0 spiro atoms. The van der Waals surface area contributed by atoms with Crippen molar-refractivity contribution in [2.45, 2.75) is 6.92 Å². The summed E-state index contributed by atoms with van der Waals surface area (Å²) in [5, 5.41) is 0.